The number of aromatic nitrogens is 4. The summed E-state index contributed by atoms with van der Waals surface area (Å²) in [5.74, 6) is -0.937. The molecule has 4 heterocycles. The predicted molar refractivity (Wildman–Crippen MR) is 123 cm³/mol. The molecule has 10 heteroatoms. The van der Waals surface area contributed by atoms with Gasteiger partial charge in [-0.2, -0.15) is 5.10 Å². The summed E-state index contributed by atoms with van der Waals surface area (Å²) < 4.78 is 7.20. The zero-order valence-electron chi connectivity index (χ0n) is 18.8. The molecular weight excluding hydrogens is 422 g/mol. The van der Waals surface area contributed by atoms with Crippen molar-refractivity contribution in [3.63, 3.8) is 0 Å². The third-order valence-corrected chi connectivity index (χ3v) is 5.90. The molecule has 33 heavy (non-hydrogen) atoms. The Morgan fingerprint density at radius 2 is 1.91 bits per heavy atom. The summed E-state index contributed by atoms with van der Waals surface area (Å²) in [6, 6.07) is 5.54. The van der Waals surface area contributed by atoms with E-state index in [1.165, 1.54) is 12.5 Å². The van der Waals surface area contributed by atoms with Crippen molar-refractivity contribution in [2.45, 2.75) is 39.2 Å². The number of anilines is 1. The van der Waals surface area contributed by atoms with Crippen LogP contribution >= 0.6 is 0 Å². The maximum absolute atomic E-state index is 12.2. The molecule has 0 unspecified atom stereocenters. The SMILES string of the molecule is Cc1ccc(-c2cc3c(N[C@H](C)C(C)(C)c4nc(C(N)=O)co4)c(C(N)=O)cnn3c2)cn1. The average molecular weight is 447 g/mol. The maximum atomic E-state index is 12.2. The molecule has 0 bridgehead atoms. The molecule has 0 spiro atoms. The van der Waals surface area contributed by atoms with Gasteiger partial charge in [0.1, 0.15) is 6.26 Å². The number of carbonyl (C=O) groups excluding carboxylic acids is 2. The zero-order chi connectivity index (χ0) is 23.9. The van der Waals surface area contributed by atoms with Crippen molar-refractivity contribution in [3.8, 4) is 11.1 Å². The lowest BCUT2D eigenvalue weighted by Gasteiger charge is -2.30. The summed E-state index contributed by atoms with van der Waals surface area (Å²) >= 11 is 0. The third-order valence-electron chi connectivity index (χ3n) is 5.90. The molecule has 0 aliphatic carbocycles. The van der Waals surface area contributed by atoms with Crippen molar-refractivity contribution in [3.05, 3.63) is 65.9 Å². The Labute approximate surface area is 190 Å². The number of rotatable bonds is 7. The van der Waals surface area contributed by atoms with E-state index in [4.69, 9.17) is 15.9 Å². The first-order valence-corrected chi connectivity index (χ1v) is 10.3. The van der Waals surface area contributed by atoms with Gasteiger partial charge in [0.15, 0.2) is 5.69 Å². The molecule has 4 rings (SSSR count). The van der Waals surface area contributed by atoms with E-state index in [1.807, 2.05) is 52.1 Å². The van der Waals surface area contributed by atoms with Crippen LogP contribution < -0.4 is 16.8 Å². The van der Waals surface area contributed by atoms with E-state index < -0.39 is 17.2 Å². The van der Waals surface area contributed by atoms with E-state index in [-0.39, 0.29) is 17.3 Å². The molecule has 0 fully saturated rings. The second-order valence-electron chi connectivity index (χ2n) is 8.53. The van der Waals surface area contributed by atoms with Crippen LogP contribution in [0.1, 0.15) is 53.2 Å². The fraction of sp³-hybridized carbons (Fsp3) is 0.261. The van der Waals surface area contributed by atoms with E-state index in [0.29, 0.717) is 17.1 Å². The number of primary amides is 2. The van der Waals surface area contributed by atoms with Crippen LogP contribution in [0.15, 0.2) is 47.5 Å². The fourth-order valence-electron chi connectivity index (χ4n) is 3.46. The molecule has 0 aliphatic heterocycles. The number of pyridine rings is 1. The van der Waals surface area contributed by atoms with E-state index in [0.717, 1.165) is 16.8 Å². The van der Waals surface area contributed by atoms with Crippen LogP contribution in [-0.2, 0) is 5.41 Å². The largest absolute Gasteiger partial charge is 0.447 e. The number of carbonyl (C=O) groups is 2. The number of oxazole rings is 1. The molecule has 2 amide bonds. The van der Waals surface area contributed by atoms with Crippen molar-refractivity contribution in [1.29, 1.82) is 0 Å². The van der Waals surface area contributed by atoms with Crippen molar-refractivity contribution >= 4 is 23.0 Å². The maximum Gasteiger partial charge on any atom is 0.270 e. The molecule has 0 radical (unpaired) electrons. The number of amides is 2. The Morgan fingerprint density at radius 3 is 2.52 bits per heavy atom. The van der Waals surface area contributed by atoms with Gasteiger partial charge in [0, 0.05) is 35.3 Å². The average Bonchev–Trinajstić information content (AvgIpc) is 3.42. The number of hydrogen-bond donors (Lipinski definition) is 3. The molecular formula is C23H25N7O3. The Kier molecular flexibility index (Phi) is 5.36. The lowest BCUT2D eigenvalue weighted by molar-refractivity contribution is 0.0989. The lowest BCUT2D eigenvalue weighted by atomic mass is 9.85. The van der Waals surface area contributed by atoms with Crippen LogP contribution in [0.5, 0.6) is 0 Å². The summed E-state index contributed by atoms with van der Waals surface area (Å²) in [7, 11) is 0. The fourth-order valence-corrected chi connectivity index (χ4v) is 3.46. The number of aryl methyl sites for hydroxylation is 1. The van der Waals surface area contributed by atoms with Crippen LogP contribution in [-0.4, -0.2) is 37.4 Å². The van der Waals surface area contributed by atoms with Gasteiger partial charge >= 0.3 is 0 Å². The van der Waals surface area contributed by atoms with Gasteiger partial charge in [-0.05, 0) is 39.8 Å². The van der Waals surface area contributed by atoms with Gasteiger partial charge in [-0.15, -0.1) is 0 Å². The van der Waals surface area contributed by atoms with Gasteiger partial charge in [-0.25, -0.2) is 9.50 Å². The van der Waals surface area contributed by atoms with Crippen LogP contribution in [0, 0.1) is 6.92 Å². The summed E-state index contributed by atoms with van der Waals surface area (Å²) in [5.41, 5.74) is 14.5. The predicted octanol–water partition coefficient (Wildman–Crippen LogP) is 2.67. The Balaban J connectivity index is 1.76. The van der Waals surface area contributed by atoms with Gasteiger partial charge < -0.3 is 21.2 Å². The number of nitrogens with one attached hydrogen (secondary N) is 1. The monoisotopic (exact) mass is 447 g/mol. The number of hydrogen-bond acceptors (Lipinski definition) is 7. The summed E-state index contributed by atoms with van der Waals surface area (Å²) in [6.07, 6.45) is 6.32. The minimum absolute atomic E-state index is 0.0531. The minimum atomic E-state index is -0.667. The summed E-state index contributed by atoms with van der Waals surface area (Å²) in [6.45, 7) is 7.66. The molecule has 5 N–H and O–H groups in total. The molecule has 0 aromatic carbocycles. The number of nitrogens with zero attached hydrogens (tertiary/aromatic N) is 4. The minimum Gasteiger partial charge on any atom is -0.447 e. The molecule has 0 saturated carbocycles. The number of nitrogens with two attached hydrogens (primary N) is 2. The van der Waals surface area contributed by atoms with Crippen LogP contribution in [0.3, 0.4) is 0 Å². The molecule has 4 aromatic heterocycles. The Bertz CT molecular complexity index is 1350. The van der Waals surface area contributed by atoms with Crippen LogP contribution in [0.2, 0.25) is 0 Å². The van der Waals surface area contributed by atoms with E-state index in [1.54, 1.807) is 10.7 Å². The highest BCUT2D eigenvalue weighted by Gasteiger charge is 2.34. The quantitative estimate of drug-likeness (QED) is 0.393. The topological polar surface area (TPSA) is 154 Å². The van der Waals surface area contributed by atoms with E-state index in [2.05, 4.69) is 20.4 Å². The molecule has 170 valence electrons. The molecule has 4 aromatic rings. The normalized spacial score (nSPS) is 12.6. The lowest BCUT2D eigenvalue weighted by Crippen LogP contribution is -2.38. The molecule has 1 atom stereocenters. The van der Waals surface area contributed by atoms with E-state index in [9.17, 15) is 9.59 Å². The van der Waals surface area contributed by atoms with Crippen molar-refractivity contribution in [1.82, 2.24) is 19.6 Å². The third kappa shape index (κ3) is 4.02. The smallest absolute Gasteiger partial charge is 0.270 e. The van der Waals surface area contributed by atoms with Crippen LogP contribution in [0.4, 0.5) is 5.69 Å². The van der Waals surface area contributed by atoms with Gasteiger partial charge in [0.05, 0.1) is 28.4 Å². The standard InChI is InChI=1S/C23H25N7O3/c1-12-5-6-14(8-26-12)15-7-18-19(16(20(24)31)9-27-30(18)10-15)28-13(2)23(3,4)22-29-17(11-33-22)21(25)32/h5-11,13,28H,1-4H3,(H2,24,31)(H2,25,32)/t13-/m1/s1. The number of fused-ring (bicyclic) bond motifs is 1. The van der Waals surface area contributed by atoms with Gasteiger partial charge in [-0.3, -0.25) is 14.6 Å². The molecule has 10 nitrogen and oxygen atoms in total. The summed E-state index contributed by atoms with van der Waals surface area (Å²) in [5, 5.41) is 7.74. The van der Waals surface area contributed by atoms with Crippen LogP contribution in [0.25, 0.3) is 16.6 Å². The zero-order valence-corrected chi connectivity index (χ0v) is 18.8. The highest BCUT2D eigenvalue weighted by atomic mass is 16.3. The van der Waals surface area contributed by atoms with Crippen molar-refractivity contribution < 1.29 is 14.0 Å². The van der Waals surface area contributed by atoms with Crippen molar-refractivity contribution in [2.24, 2.45) is 11.5 Å². The van der Waals surface area contributed by atoms with Gasteiger partial charge in [-0.1, -0.05) is 6.07 Å². The second kappa shape index (κ2) is 8.05. The van der Waals surface area contributed by atoms with E-state index >= 15 is 0 Å². The Morgan fingerprint density at radius 1 is 1.15 bits per heavy atom. The van der Waals surface area contributed by atoms with Gasteiger partial charge in [0.2, 0.25) is 5.89 Å². The van der Waals surface area contributed by atoms with Crippen molar-refractivity contribution in [2.75, 3.05) is 5.32 Å². The highest BCUT2D eigenvalue weighted by molar-refractivity contribution is 6.02. The second-order valence-corrected chi connectivity index (χ2v) is 8.53. The first-order chi connectivity index (χ1) is 15.6. The molecule has 0 saturated heterocycles. The first kappa shape index (κ1) is 22.0. The highest BCUT2D eigenvalue weighted by Crippen LogP contribution is 2.33. The first-order valence-electron chi connectivity index (χ1n) is 10.3. The molecule has 0 aliphatic rings. The summed E-state index contributed by atoms with van der Waals surface area (Å²) in [4.78, 5) is 32.2. The Hall–Kier alpha value is -4.21. The van der Waals surface area contributed by atoms with Gasteiger partial charge in [0.25, 0.3) is 11.8 Å².